The van der Waals surface area contributed by atoms with Crippen LogP contribution in [0.15, 0.2) is 20.9 Å². The van der Waals surface area contributed by atoms with Crippen LogP contribution in [-0.4, -0.2) is 26.7 Å². The number of hydrogen-bond donors (Lipinski definition) is 3. The number of nitrogens with zero attached hydrogens (tertiary/aromatic N) is 3. The fourth-order valence-corrected chi connectivity index (χ4v) is 1.00. The van der Waals surface area contributed by atoms with Crippen molar-refractivity contribution >= 4 is 17.9 Å². The molecule has 0 aliphatic heterocycles. The monoisotopic (exact) mass is 256 g/mol. The molecule has 0 spiro atoms. The standard InChI is InChI=1S/C7H8N6O5/c8-6(15)11-9-1-2-12-3-4(13(17)18)5(14)10-7(12)16/h1,3H,2H2,(H3,8,11,15)(H,10,14,16)/b9-1+. The number of nitro groups is 1. The van der Waals surface area contributed by atoms with Crippen LogP contribution >= 0.6 is 0 Å². The van der Waals surface area contributed by atoms with Crippen molar-refractivity contribution < 1.29 is 9.72 Å². The average Bonchev–Trinajstić information content (AvgIpc) is 2.25. The summed E-state index contributed by atoms with van der Waals surface area (Å²) < 4.78 is 0.839. The molecule has 1 aromatic heterocycles. The SMILES string of the molecule is NC(=O)N/N=C/Cn1cc([N+](=O)[O-])c(=O)[nH]c1=O. The molecular formula is C7H8N6O5. The van der Waals surface area contributed by atoms with Crippen molar-refractivity contribution in [2.24, 2.45) is 10.8 Å². The summed E-state index contributed by atoms with van der Waals surface area (Å²) in [4.78, 5) is 43.9. The molecule has 11 nitrogen and oxygen atoms in total. The highest BCUT2D eigenvalue weighted by molar-refractivity contribution is 5.72. The highest BCUT2D eigenvalue weighted by atomic mass is 16.6. The van der Waals surface area contributed by atoms with Gasteiger partial charge in [-0.2, -0.15) is 5.10 Å². The molecule has 0 saturated carbocycles. The van der Waals surface area contributed by atoms with Crippen molar-refractivity contribution in [2.75, 3.05) is 0 Å². The van der Waals surface area contributed by atoms with Crippen molar-refractivity contribution in [2.45, 2.75) is 6.54 Å². The van der Waals surface area contributed by atoms with Crippen LogP contribution in [0.4, 0.5) is 10.5 Å². The number of hydrogen-bond acceptors (Lipinski definition) is 6. The maximum absolute atomic E-state index is 11.3. The van der Waals surface area contributed by atoms with Crippen LogP contribution in [0.5, 0.6) is 0 Å². The number of amides is 2. The molecule has 0 fully saturated rings. The molecule has 0 saturated heterocycles. The molecule has 96 valence electrons. The normalized spacial score (nSPS) is 10.4. The van der Waals surface area contributed by atoms with Crippen LogP contribution in [0.3, 0.4) is 0 Å². The molecule has 0 atom stereocenters. The Labute approximate surface area is 98.1 Å². The maximum Gasteiger partial charge on any atom is 0.350 e. The van der Waals surface area contributed by atoms with Crippen LogP contribution in [0.2, 0.25) is 0 Å². The number of nitrogens with one attached hydrogen (secondary N) is 2. The summed E-state index contributed by atoms with van der Waals surface area (Å²) in [6, 6.07) is -0.897. The summed E-state index contributed by atoms with van der Waals surface area (Å²) in [5.74, 6) is 0. The zero-order chi connectivity index (χ0) is 13.7. The highest BCUT2D eigenvalue weighted by Crippen LogP contribution is 1.97. The molecule has 1 aromatic rings. The Morgan fingerprint density at radius 2 is 2.33 bits per heavy atom. The van der Waals surface area contributed by atoms with Crippen molar-refractivity contribution in [1.82, 2.24) is 15.0 Å². The van der Waals surface area contributed by atoms with Gasteiger partial charge in [0.1, 0.15) is 0 Å². The minimum Gasteiger partial charge on any atom is -0.350 e. The third-order valence-corrected chi connectivity index (χ3v) is 1.73. The fraction of sp³-hybridized carbons (Fsp3) is 0.143. The average molecular weight is 256 g/mol. The molecular weight excluding hydrogens is 248 g/mol. The fourth-order valence-electron chi connectivity index (χ4n) is 1.00. The van der Waals surface area contributed by atoms with Gasteiger partial charge in [0.25, 0.3) is 0 Å². The van der Waals surface area contributed by atoms with Gasteiger partial charge in [-0.3, -0.25) is 24.5 Å². The lowest BCUT2D eigenvalue weighted by Gasteiger charge is -1.99. The molecule has 0 radical (unpaired) electrons. The lowest BCUT2D eigenvalue weighted by molar-refractivity contribution is -0.386. The number of aromatic nitrogens is 2. The molecule has 0 unspecified atom stereocenters. The van der Waals surface area contributed by atoms with Crippen molar-refractivity contribution in [3.63, 3.8) is 0 Å². The molecule has 0 bridgehead atoms. The number of H-pyrrole nitrogens is 1. The van der Waals surface area contributed by atoms with Crippen LogP contribution in [-0.2, 0) is 6.54 Å². The van der Waals surface area contributed by atoms with Crippen molar-refractivity contribution in [3.8, 4) is 0 Å². The summed E-state index contributed by atoms with van der Waals surface area (Å²) in [5, 5.41) is 13.8. The molecule has 18 heavy (non-hydrogen) atoms. The Morgan fingerprint density at radius 1 is 1.67 bits per heavy atom. The number of nitrogens with two attached hydrogens (primary N) is 1. The number of hydrazone groups is 1. The molecule has 1 rings (SSSR count). The minimum atomic E-state index is -1.09. The topological polar surface area (TPSA) is 165 Å². The maximum atomic E-state index is 11.3. The van der Waals surface area contributed by atoms with Gasteiger partial charge >= 0.3 is 23.0 Å². The van der Waals surface area contributed by atoms with Crippen LogP contribution in [0, 0.1) is 10.1 Å². The second kappa shape index (κ2) is 5.38. The summed E-state index contributed by atoms with van der Waals surface area (Å²) in [5.41, 5.74) is 3.89. The van der Waals surface area contributed by atoms with E-state index in [0.717, 1.165) is 17.0 Å². The van der Waals surface area contributed by atoms with Crippen LogP contribution in [0.25, 0.3) is 0 Å². The van der Waals surface area contributed by atoms with E-state index in [1.807, 2.05) is 5.43 Å². The molecule has 0 aliphatic carbocycles. The Morgan fingerprint density at radius 3 is 2.89 bits per heavy atom. The lowest BCUT2D eigenvalue weighted by atomic mass is 10.5. The number of carbonyl (C=O) groups is 1. The van der Waals surface area contributed by atoms with Gasteiger partial charge in [0, 0.05) is 6.21 Å². The van der Waals surface area contributed by atoms with Crippen molar-refractivity contribution in [3.05, 3.63) is 37.1 Å². The largest absolute Gasteiger partial charge is 0.350 e. The van der Waals surface area contributed by atoms with Gasteiger partial charge < -0.3 is 5.73 Å². The minimum absolute atomic E-state index is 0.184. The van der Waals surface area contributed by atoms with E-state index in [2.05, 4.69) is 5.10 Å². The van der Waals surface area contributed by atoms with Gasteiger partial charge in [-0.05, 0) is 0 Å². The summed E-state index contributed by atoms with van der Waals surface area (Å²) in [6.45, 7) is -0.184. The van der Waals surface area contributed by atoms with E-state index < -0.39 is 27.9 Å². The van der Waals surface area contributed by atoms with E-state index >= 15 is 0 Å². The van der Waals surface area contributed by atoms with E-state index in [1.54, 1.807) is 4.98 Å². The molecule has 2 amide bonds. The van der Waals surface area contributed by atoms with Gasteiger partial charge in [0.05, 0.1) is 17.7 Å². The first-order chi connectivity index (χ1) is 8.41. The third-order valence-electron chi connectivity index (χ3n) is 1.73. The Balaban J connectivity index is 2.96. The van der Waals surface area contributed by atoms with Gasteiger partial charge in [-0.25, -0.2) is 15.0 Å². The van der Waals surface area contributed by atoms with Gasteiger partial charge in [0.2, 0.25) is 0 Å². The number of aromatic amines is 1. The van der Waals surface area contributed by atoms with E-state index in [0.29, 0.717) is 0 Å². The second-order valence-corrected chi connectivity index (χ2v) is 2.97. The zero-order valence-electron chi connectivity index (χ0n) is 8.82. The number of rotatable bonds is 4. The van der Waals surface area contributed by atoms with E-state index in [4.69, 9.17) is 5.73 Å². The van der Waals surface area contributed by atoms with Crippen LogP contribution < -0.4 is 22.4 Å². The molecule has 0 aromatic carbocycles. The van der Waals surface area contributed by atoms with Gasteiger partial charge in [0.15, 0.2) is 0 Å². The molecule has 11 heteroatoms. The summed E-state index contributed by atoms with van der Waals surface area (Å²) in [6.07, 6.45) is 1.85. The Kier molecular flexibility index (Phi) is 3.91. The van der Waals surface area contributed by atoms with Crippen LogP contribution in [0.1, 0.15) is 0 Å². The first-order valence-corrected chi connectivity index (χ1v) is 4.47. The molecule has 4 N–H and O–H groups in total. The van der Waals surface area contributed by atoms with E-state index in [-0.39, 0.29) is 6.54 Å². The number of primary amides is 1. The smallest absolute Gasteiger partial charge is 0.350 e. The zero-order valence-corrected chi connectivity index (χ0v) is 8.82. The van der Waals surface area contributed by atoms with E-state index in [1.165, 1.54) is 0 Å². The first-order valence-electron chi connectivity index (χ1n) is 4.47. The van der Waals surface area contributed by atoms with Gasteiger partial charge in [-0.1, -0.05) is 0 Å². The van der Waals surface area contributed by atoms with Gasteiger partial charge in [-0.15, -0.1) is 0 Å². The summed E-state index contributed by atoms with van der Waals surface area (Å²) >= 11 is 0. The number of carbonyl (C=O) groups excluding carboxylic acids is 1. The summed E-state index contributed by atoms with van der Waals surface area (Å²) in [7, 11) is 0. The number of urea groups is 1. The Hall–Kier alpha value is -2.98. The molecule has 1 heterocycles. The lowest BCUT2D eigenvalue weighted by Crippen LogP contribution is -2.31. The second-order valence-electron chi connectivity index (χ2n) is 2.97. The van der Waals surface area contributed by atoms with Crippen molar-refractivity contribution in [1.29, 1.82) is 0 Å². The quantitative estimate of drug-likeness (QED) is 0.324. The Bertz CT molecular complexity index is 613. The predicted molar refractivity (Wildman–Crippen MR) is 59.2 cm³/mol. The third kappa shape index (κ3) is 3.26. The highest BCUT2D eigenvalue weighted by Gasteiger charge is 2.14. The first kappa shape index (κ1) is 13.1. The molecule has 0 aliphatic rings. The van der Waals surface area contributed by atoms with E-state index in [9.17, 15) is 24.5 Å². The predicted octanol–water partition coefficient (Wildman–Crippen LogP) is -1.90.